The number of hydrogen-bond acceptors (Lipinski definition) is 5. The molecule has 0 bridgehead atoms. The number of imidazole rings is 1. The van der Waals surface area contributed by atoms with Crippen LogP contribution >= 0.6 is 0 Å². The molecule has 3 aromatic rings. The number of benzene rings is 2. The number of ether oxygens (including phenoxy) is 2. The summed E-state index contributed by atoms with van der Waals surface area (Å²) in [4.78, 5) is 15.8. The number of methoxy groups -OCH3 is 2. The Morgan fingerprint density at radius 3 is 2.66 bits per heavy atom. The molecule has 0 radical (unpaired) electrons. The molecular weight excluding hydrogens is 389 g/mol. The molecule has 0 aliphatic carbocycles. The molecular formula is C19H17F3N4O3. The molecule has 1 aromatic heterocycles. The number of amides is 1. The van der Waals surface area contributed by atoms with Gasteiger partial charge in [-0.3, -0.25) is 4.79 Å². The Labute approximate surface area is 163 Å². The predicted molar refractivity (Wildman–Crippen MR) is 100 cm³/mol. The first-order valence-electron chi connectivity index (χ1n) is 8.40. The van der Waals surface area contributed by atoms with E-state index in [4.69, 9.17) is 9.47 Å². The fourth-order valence-corrected chi connectivity index (χ4v) is 2.73. The van der Waals surface area contributed by atoms with Crippen molar-refractivity contribution in [2.45, 2.75) is 12.7 Å². The first-order chi connectivity index (χ1) is 13.8. The van der Waals surface area contributed by atoms with Crippen LogP contribution in [0.25, 0.3) is 11.0 Å². The molecule has 7 nitrogen and oxygen atoms in total. The largest absolute Gasteiger partial charge is 0.497 e. The zero-order chi connectivity index (χ0) is 21.0. The van der Waals surface area contributed by atoms with Crippen LogP contribution in [0.2, 0.25) is 0 Å². The van der Waals surface area contributed by atoms with Gasteiger partial charge in [-0.15, -0.1) is 0 Å². The quantitative estimate of drug-likeness (QED) is 0.504. The number of aromatic nitrogens is 2. The standard InChI is InChI=1S/C19H17F3N4O3/c1-28-13-8-7-12(16(9-13)29-2)10-23-25-17(27)11-26-15-6-4-3-5-14(15)24-18(26)19(20,21)22/h3-10H,11H2,1-2H3,(H,25,27)/b23-10-. The second-order valence-electron chi connectivity index (χ2n) is 5.91. The molecule has 2 aromatic carbocycles. The van der Waals surface area contributed by atoms with Crippen LogP contribution in [0.5, 0.6) is 11.5 Å². The van der Waals surface area contributed by atoms with Crippen molar-refractivity contribution in [3.63, 3.8) is 0 Å². The normalized spacial score (nSPS) is 11.8. The number of nitrogens with zero attached hydrogens (tertiary/aromatic N) is 3. The van der Waals surface area contributed by atoms with E-state index < -0.39 is 24.5 Å². The second kappa shape index (κ2) is 8.21. The van der Waals surface area contributed by atoms with E-state index in [9.17, 15) is 18.0 Å². The highest BCUT2D eigenvalue weighted by Gasteiger charge is 2.37. The van der Waals surface area contributed by atoms with Crippen LogP contribution in [-0.2, 0) is 17.5 Å². The molecule has 0 aliphatic heterocycles. The first-order valence-corrected chi connectivity index (χ1v) is 8.40. The first kappa shape index (κ1) is 20.2. The molecule has 1 N–H and O–H groups in total. The van der Waals surface area contributed by atoms with Crippen molar-refractivity contribution >= 4 is 23.2 Å². The van der Waals surface area contributed by atoms with Gasteiger partial charge in [-0.1, -0.05) is 12.1 Å². The van der Waals surface area contributed by atoms with E-state index >= 15 is 0 Å². The van der Waals surface area contributed by atoms with E-state index in [1.807, 2.05) is 0 Å². The lowest BCUT2D eigenvalue weighted by atomic mass is 10.2. The van der Waals surface area contributed by atoms with Crippen molar-refractivity contribution in [3.8, 4) is 11.5 Å². The van der Waals surface area contributed by atoms with Crippen LogP contribution in [0.15, 0.2) is 47.6 Å². The van der Waals surface area contributed by atoms with E-state index in [-0.39, 0.29) is 11.0 Å². The minimum atomic E-state index is -4.70. The molecule has 0 saturated heterocycles. The number of carbonyl (C=O) groups excluding carboxylic acids is 1. The highest BCUT2D eigenvalue weighted by atomic mass is 19.4. The minimum absolute atomic E-state index is 0.152. The fraction of sp³-hybridized carbons (Fsp3) is 0.211. The van der Waals surface area contributed by atoms with E-state index in [1.54, 1.807) is 30.3 Å². The monoisotopic (exact) mass is 406 g/mol. The summed E-state index contributed by atoms with van der Waals surface area (Å²) >= 11 is 0. The topological polar surface area (TPSA) is 77.7 Å². The summed E-state index contributed by atoms with van der Waals surface area (Å²) in [6, 6.07) is 11.1. The molecule has 10 heteroatoms. The Morgan fingerprint density at radius 1 is 1.21 bits per heavy atom. The summed E-state index contributed by atoms with van der Waals surface area (Å²) in [5.41, 5.74) is 3.13. The molecule has 1 amide bonds. The number of nitrogens with one attached hydrogen (secondary N) is 1. The Morgan fingerprint density at radius 2 is 1.97 bits per heavy atom. The number of alkyl halides is 3. The van der Waals surface area contributed by atoms with E-state index in [2.05, 4.69) is 15.5 Å². The van der Waals surface area contributed by atoms with Crippen LogP contribution in [0.4, 0.5) is 13.2 Å². The van der Waals surface area contributed by atoms with Gasteiger partial charge in [-0.05, 0) is 24.3 Å². The van der Waals surface area contributed by atoms with Crippen LogP contribution in [0.1, 0.15) is 11.4 Å². The van der Waals surface area contributed by atoms with Gasteiger partial charge in [-0.2, -0.15) is 18.3 Å². The molecule has 0 atom stereocenters. The van der Waals surface area contributed by atoms with Crippen LogP contribution in [-0.4, -0.2) is 35.9 Å². The van der Waals surface area contributed by atoms with Gasteiger partial charge < -0.3 is 14.0 Å². The molecule has 0 unspecified atom stereocenters. The molecule has 3 rings (SSSR count). The van der Waals surface area contributed by atoms with Gasteiger partial charge in [-0.25, -0.2) is 10.4 Å². The summed E-state index contributed by atoms with van der Waals surface area (Å²) < 4.78 is 51.0. The average molecular weight is 406 g/mol. The van der Waals surface area contributed by atoms with Crippen LogP contribution in [0.3, 0.4) is 0 Å². The molecule has 0 spiro atoms. The van der Waals surface area contributed by atoms with Gasteiger partial charge in [0.25, 0.3) is 5.91 Å². The number of carbonyl (C=O) groups is 1. The number of fused-ring (bicyclic) bond motifs is 1. The van der Waals surface area contributed by atoms with Gasteiger partial charge in [0.1, 0.15) is 18.0 Å². The highest BCUT2D eigenvalue weighted by Crippen LogP contribution is 2.31. The zero-order valence-corrected chi connectivity index (χ0v) is 15.5. The Balaban J connectivity index is 1.78. The highest BCUT2D eigenvalue weighted by molar-refractivity contribution is 5.86. The molecule has 0 aliphatic rings. The third-order valence-corrected chi connectivity index (χ3v) is 4.04. The fourth-order valence-electron chi connectivity index (χ4n) is 2.73. The summed E-state index contributed by atoms with van der Waals surface area (Å²) in [5.74, 6) is -0.839. The van der Waals surface area contributed by atoms with Crippen LogP contribution < -0.4 is 14.9 Å². The van der Waals surface area contributed by atoms with Crippen molar-refractivity contribution in [2.75, 3.05) is 14.2 Å². The maximum absolute atomic E-state index is 13.3. The SMILES string of the molecule is COc1ccc(/C=N\NC(=O)Cn2c(C(F)(F)F)nc3ccccc32)c(OC)c1. The van der Waals surface area contributed by atoms with E-state index in [1.165, 1.54) is 32.6 Å². The third-order valence-electron chi connectivity index (χ3n) is 4.04. The Kier molecular flexibility index (Phi) is 5.71. The zero-order valence-electron chi connectivity index (χ0n) is 15.5. The number of hydrogen-bond donors (Lipinski definition) is 1. The molecule has 29 heavy (non-hydrogen) atoms. The average Bonchev–Trinajstić information content (AvgIpc) is 3.07. The van der Waals surface area contributed by atoms with Crippen molar-refractivity contribution in [1.29, 1.82) is 0 Å². The summed E-state index contributed by atoms with van der Waals surface area (Å²) in [6.07, 6.45) is -3.37. The maximum Gasteiger partial charge on any atom is 0.449 e. The Hall–Kier alpha value is -3.56. The van der Waals surface area contributed by atoms with E-state index in [0.717, 1.165) is 4.57 Å². The second-order valence-corrected chi connectivity index (χ2v) is 5.91. The number of halogens is 3. The summed E-state index contributed by atoms with van der Waals surface area (Å²) in [6.45, 7) is -0.591. The van der Waals surface area contributed by atoms with Crippen molar-refractivity contribution in [3.05, 3.63) is 53.9 Å². The molecule has 1 heterocycles. The van der Waals surface area contributed by atoms with Crippen molar-refractivity contribution in [2.24, 2.45) is 5.10 Å². The lowest BCUT2D eigenvalue weighted by molar-refractivity contribution is -0.147. The molecule has 0 saturated carbocycles. The molecule has 0 fully saturated rings. The van der Waals surface area contributed by atoms with Gasteiger partial charge >= 0.3 is 6.18 Å². The maximum atomic E-state index is 13.3. The lowest BCUT2D eigenvalue weighted by Crippen LogP contribution is -2.26. The van der Waals surface area contributed by atoms with Gasteiger partial charge in [0, 0.05) is 11.6 Å². The van der Waals surface area contributed by atoms with Crippen molar-refractivity contribution in [1.82, 2.24) is 15.0 Å². The minimum Gasteiger partial charge on any atom is -0.497 e. The lowest BCUT2D eigenvalue weighted by Gasteiger charge is -2.10. The number of hydrazone groups is 1. The summed E-state index contributed by atoms with van der Waals surface area (Å²) in [5, 5.41) is 3.80. The van der Waals surface area contributed by atoms with Gasteiger partial charge in [0.15, 0.2) is 0 Å². The van der Waals surface area contributed by atoms with E-state index in [0.29, 0.717) is 17.1 Å². The van der Waals surface area contributed by atoms with Gasteiger partial charge in [0.05, 0.1) is 31.5 Å². The number of rotatable bonds is 6. The van der Waals surface area contributed by atoms with Crippen LogP contribution in [0, 0.1) is 0 Å². The summed E-state index contributed by atoms with van der Waals surface area (Å²) in [7, 11) is 2.98. The smallest absolute Gasteiger partial charge is 0.449 e. The van der Waals surface area contributed by atoms with Crippen molar-refractivity contribution < 1.29 is 27.4 Å². The predicted octanol–water partition coefficient (Wildman–Crippen LogP) is 3.22. The third kappa shape index (κ3) is 4.48. The Bertz CT molecular complexity index is 1060. The molecule has 152 valence electrons. The number of para-hydroxylation sites is 2. The van der Waals surface area contributed by atoms with Gasteiger partial charge in [0.2, 0.25) is 5.82 Å².